The highest BCUT2D eigenvalue weighted by Crippen LogP contribution is 2.25. The third-order valence-electron chi connectivity index (χ3n) is 2.95. The van der Waals surface area contributed by atoms with Crippen LogP contribution in [0.4, 0.5) is 5.69 Å². The van der Waals surface area contributed by atoms with E-state index >= 15 is 0 Å². The molecule has 1 aromatic carbocycles. The molecule has 0 saturated heterocycles. The molecule has 0 aliphatic rings. The number of hydrogen-bond acceptors (Lipinski definition) is 4. The second kappa shape index (κ2) is 9.32. The molecular formula is C14H19ClN4O2S. The van der Waals surface area contributed by atoms with E-state index in [-0.39, 0.29) is 10.7 Å². The van der Waals surface area contributed by atoms with E-state index in [4.69, 9.17) is 23.8 Å². The molecule has 0 saturated carbocycles. The van der Waals surface area contributed by atoms with E-state index in [2.05, 4.69) is 22.8 Å². The van der Waals surface area contributed by atoms with Crippen LogP contribution in [-0.4, -0.2) is 22.3 Å². The largest absolute Gasteiger partial charge is 0.361 e. The van der Waals surface area contributed by atoms with Crippen LogP contribution in [0.5, 0.6) is 0 Å². The number of thiocarbonyl (C=S) groups is 1. The molecule has 0 aliphatic carbocycles. The maximum absolute atomic E-state index is 10.9. The first-order chi connectivity index (χ1) is 10.5. The third-order valence-corrected chi connectivity index (χ3v) is 3.51. The van der Waals surface area contributed by atoms with Gasteiger partial charge in [0.15, 0.2) is 5.11 Å². The van der Waals surface area contributed by atoms with Crippen molar-refractivity contribution in [1.82, 2.24) is 10.7 Å². The lowest BCUT2D eigenvalue weighted by atomic mass is 10.1. The Balaban J connectivity index is 2.63. The molecule has 1 aromatic rings. The second-order valence-corrected chi connectivity index (χ2v) is 5.51. The third kappa shape index (κ3) is 5.95. The summed E-state index contributed by atoms with van der Waals surface area (Å²) in [6, 6.07) is 4.55. The van der Waals surface area contributed by atoms with Crippen molar-refractivity contribution >= 4 is 40.3 Å². The van der Waals surface area contributed by atoms with Crippen molar-refractivity contribution in [2.75, 3.05) is 6.54 Å². The Morgan fingerprint density at radius 2 is 2.18 bits per heavy atom. The van der Waals surface area contributed by atoms with Crippen LogP contribution in [0.1, 0.15) is 38.7 Å². The van der Waals surface area contributed by atoms with Gasteiger partial charge in [-0.2, -0.15) is 5.10 Å². The highest BCUT2D eigenvalue weighted by molar-refractivity contribution is 7.80. The normalized spacial score (nSPS) is 11.1. The van der Waals surface area contributed by atoms with Gasteiger partial charge < -0.3 is 5.32 Å². The number of benzene rings is 1. The summed E-state index contributed by atoms with van der Waals surface area (Å²) in [4.78, 5) is 10.3. The van der Waals surface area contributed by atoms with E-state index in [0.29, 0.717) is 16.4 Å². The summed E-state index contributed by atoms with van der Waals surface area (Å²) in [6.45, 7) is 4.66. The summed E-state index contributed by atoms with van der Waals surface area (Å²) in [5, 5.41) is 18.6. The standard InChI is InChI=1S/C14H19ClN4O2S/c1-3-4-5-8-16-14(22)18-17-10(2)11-6-7-12(15)13(9-11)19(20)21/h6-7,9H,3-5,8H2,1-2H3,(H2,16,18,22)/b17-10-. The van der Waals surface area contributed by atoms with E-state index in [1.807, 2.05) is 0 Å². The molecular weight excluding hydrogens is 324 g/mol. The summed E-state index contributed by atoms with van der Waals surface area (Å²) < 4.78 is 0. The van der Waals surface area contributed by atoms with Crippen LogP contribution in [0.15, 0.2) is 23.3 Å². The number of nitrogens with zero attached hydrogens (tertiary/aromatic N) is 2. The van der Waals surface area contributed by atoms with Gasteiger partial charge in [-0.25, -0.2) is 0 Å². The lowest BCUT2D eigenvalue weighted by molar-refractivity contribution is -0.384. The number of rotatable bonds is 7. The monoisotopic (exact) mass is 342 g/mol. The van der Waals surface area contributed by atoms with Crippen molar-refractivity contribution in [3.8, 4) is 0 Å². The lowest BCUT2D eigenvalue weighted by Gasteiger charge is -2.08. The van der Waals surface area contributed by atoms with Gasteiger partial charge in [-0.05, 0) is 31.6 Å². The van der Waals surface area contributed by atoms with Gasteiger partial charge in [0.1, 0.15) is 5.02 Å². The number of nitro benzene ring substituents is 1. The molecule has 8 heteroatoms. The predicted octanol–water partition coefficient (Wildman–Crippen LogP) is 3.63. The van der Waals surface area contributed by atoms with Crippen molar-refractivity contribution in [2.45, 2.75) is 33.1 Å². The minimum Gasteiger partial charge on any atom is -0.361 e. The minimum atomic E-state index is -0.521. The summed E-state index contributed by atoms with van der Waals surface area (Å²) in [6.07, 6.45) is 3.34. The predicted molar refractivity (Wildman–Crippen MR) is 93.6 cm³/mol. The van der Waals surface area contributed by atoms with Crippen molar-refractivity contribution in [1.29, 1.82) is 0 Å². The molecule has 0 amide bonds. The Morgan fingerprint density at radius 3 is 2.82 bits per heavy atom. The van der Waals surface area contributed by atoms with Crippen molar-refractivity contribution in [3.63, 3.8) is 0 Å². The van der Waals surface area contributed by atoms with Gasteiger partial charge in [-0.15, -0.1) is 0 Å². The molecule has 120 valence electrons. The maximum atomic E-state index is 10.9. The summed E-state index contributed by atoms with van der Waals surface area (Å²) in [5.74, 6) is 0. The second-order valence-electron chi connectivity index (χ2n) is 4.70. The highest BCUT2D eigenvalue weighted by Gasteiger charge is 2.13. The molecule has 22 heavy (non-hydrogen) atoms. The number of nitrogens with one attached hydrogen (secondary N) is 2. The average Bonchev–Trinajstić information content (AvgIpc) is 2.49. The Morgan fingerprint density at radius 1 is 1.45 bits per heavy atom. The SMILES string of the molecule is CCCCCNC(=S)N/N=C(/C)c1ccc(Cl)c([N+](=O)[O-])c1. The topological polar surface area (TPSA) is 79.6 Å². The number of hydrogen-bond donors (Lipinski definition) is 2. The number of unbranched alkanes of at least 4 members (excludes halogenated alkanes) is 2. The van der Waals surface area contributed by atoms with Crippen LogP contribution >= 0.6 is 23.8 Å². The van der Waals surface area contributed by atoms with Gasteiger partial charge in [-0.1, -0.05) is 37.4 Å². The van der Waals surface area contributed by atoms with E-state index in [9.17, 15) is 10.1 Å². The minimum absolute atomic E-state index is 0.0996. The molecule has 0 heterocycles. The first-order valence-electron chi connectivity index (χ1n) is 6.98. The first-order valence-corrected chi connectivity index (χ1v) is 7.76. The molecule has 0 bridgehead atoms. The molecule has 0 atom stereocenters. The molecule has 0 spiro atoms. The van der Waals surface area contributed by atoms with Crippen LogP contribution in [0.25, 0.3) is 0 Å². The molecule has 6 nitrogen and oxygen atoms in total. The Kier molecular flexibility index (Phi) is 7.76. The van der Waals surface area contributed by atoms with Crippen molar-refractivity contribution in [3.05, 3.63) is 38.9 Å². The average molecular weight is 343 g/mol. The fourth-order valence-corrected chi connectivity index (χ4v) is 2.03. The molecule has 0 radical (unpaired) electrons. The first kappa shape index (κ1) is 18.3. The maximum Gasteiger partial charge on any atom is 0.288 e. The van der Waals surface area contributed by atoms with Gasteiger partial charge in [0.05, 0.1) is 10.6 Å². The van der Waals surface area contributed by atoms with Crippen molar-refractivity contribution < 1.29 is 4.92 Å². The quantitative estimate of drug-likeness (QED) is 0.260. The van der Waals surface area contributed by atoms with E-state index in [1.54, 1.807) is 13.0 Å². The molecule has 0 aromatic heterocycles. The molecule has 2 N–H and O–H groups in total. The van der Waals surface area contributed by atoms with Crippen LogP contribution < -0.4 is 10.7 Å². The fourth-order valence-electron chi connectivity index (χ4n) is 1.69. The molecule has 0 fully saturated rings. The fraction of sp³-hybridized carbons (Fsp3) is 0.429. The smallest absolute Gasteiger partial charge is 0.288 e. The van der Waals surface area contributed by atoms with E-state index in [1.165, 1.54) is 12.1 Å². The van der Waals surface area contributed by atoms with Crippen molar-refractivity contribution in [2.24, 2.45) is 5.10 Å². The Hall–Kier alpha value is -1.73. The molecule has 1 rings (SSSR count). The van der Waals surface area contributed by atoms with Crippen LogP contribution in [0.2, 0.25) is 5.02 Å². The van der Waals surface area contributed by atoms with Gasteiger partial charge >= 0.3 is 0 Å². The van der Waals surface area contributed by atoms with Gasteiger partial charge in [-0.3, -0.25) is 15.5 Å². The summed E-state index contributed by atoms with van der Waals surface area (Å²) in [7, 11) is 0. The van der Waals surface area contributed by atoms with Crippen LogP contribution in [0.3, 0.4) is 0 Å². The zero-order valence-corrected chi connectivity index (χ0v) is 14.1. The van der Waals surface area contributed by atoms with Gasteiger partial charge in [0.2, 0.25) is 0 Å². The van der Waals surface area contributed by atoms with E-state index < -0.39 is 4.92 Å². The Labute approximate surface area is 140 Å². The van der Waals surface area contributed by atoms with E-state index in [0.717, 1.165) is 25.8 Å². The summed E-state index contributed by atoms with van der Waals surface area (Å²) >= 11 is 10.9. The molecule has 0 unspecified atom stereocenters. The Bertz CT molecular complexity index is 578. The van der Waals surface area contributed by atoms with Crippen LogP contribution in [0, 0.1) is 10.1 Å². The number of nitro groups is 1. The van der Waals surface area contributed by atoms with Gasteiger partial charge in [0.25, 0.3) is 5.69 Å². The summed E-state index contributed by atoms with van der Waals surface area (Å²) in [5.41, 5.74) is 3.77. The highest BCUT2D eigenvalue weighted by atomic mass is 35.5. The van der Waals surface area contributed by atoms with Crippen LogP contribution in [-0.2, 0) is 0 Å². The zero-order chi connectivity index (χ0) is 16.5. The zero-order valence-electron chi connectivity index (χ0n) is 12.6. The van der Waals surface area contributed by atoms with Gasteiger partial charge in [0, 0.05) is 18.2 Å². The number of hydrazone groups is 1. The lowest BCUT2D eigenvalue weighted by Crippen LogP contribution is -2.33. The molecule has 0 aliphatic heterocycles. The number of halogens is 1.